The lowest BCUT2D eigenvalue weighted by Crippen LogP contribution is -2.47. The zero-order valence-electron chi connectivity index (χ0n) is 20.1. The minimum atomic E-state index is -0.345. The van der Waals surface area contributed by atoms with Crippen molar-refractivity contribution in [3.63, 3.8) is 0 Å². The number of hydrogen-bond donors (Lipinski definition) is 2. The van der Waals surface area contributed by atoms with E-state index in [0.717, 1.165) is 30.0 Å². The lowest BCUT2D eigenvalue weighted by molar-refractivity contribution is 0.155. The van der Waals surface area contributed by atoms with Gasteiger partial charge in [0, 0.05) is 41.6 Å². The lowest BCUT2D eigenvalue weighted by Gasteiger charge is -2.36. The number of phenols is 1. The summed E-state index contributed by atoms with van der Waals surface area (Å²) in [6.45, 7) is 8.18. The number of nitrogens with zero attached hydrogens (tertiary/aromatic N) is 3. The van der Waals surface area contributed by atoms with Crippen molar-refractivity contribution in [1.29, 1.82) is 5.26 Å². The maximum absolute atomic E-state index is 13.9. The standard InChI is InChI=1S/C27H31FN4O2/c1-19-25(11-8-21(16-29)26(19)33)31-18-27(2,3)32(4)14-5-15-34-22-9-6-20(7-10-22)23-12-13-30-17-24(23)28/h6-13,17,31,33H,5,14-15,18H2,1-4H3. The summed E-state index contributed by atoms with van der Waals surface area (Å²) in [7, 11) is 2.07. The van der Waals surface area contributed by atoms with Gasteiger partial charge in [-0.25, -0.2) is 4.39 Å². The van der Waals surface area contributed by atoms with Gasteiger partial charge in [0.05, 0.1) is 18.4 Å². The topological polar surface area (TPSA) is 81.4 Å². The van der Waals surface area contributed by atoms with E-state index in [0.29, 0.717) is 24.3 Å². The molecule has 0 aliphatic heterocycles. The van der Waals surface area contributed by atoms with Gasteiger partial charge >= 0.3 is 0 Å². The molecule has 1 heterocycles. The van der Waals surface area contributed by atoms with Crippen molar-refractivity contribution in [3.05, 3.63) is 71.8 Å². The Labute approximate surface area is 200 Å². The number of aromatic hydroxyl groups is 1. The summed E-state index contributed by atoms with van der Waals surface area (Å²) in [5.74, 6) is 0.426. The van der Waals surface area contributed by atoms with Crippen molar-refractivity contribution >= 4 is 5.69 Å². The van der Waals surface area contributed by atoms with Crippen LogP contribution in [0.25, 0.3) is 11.1 Å². The second-order valence-electron chi connectivity index (χ2n) is 8.92. The lowest BCUT2D eigenvalue weighted by atomic mass is 10.0. The van der Waals surface area contributed by atoms with Crippen LogP contribution in [-0.2, 0) is 0 Å². The summed E-state index contributed by atoms with van der Waals surface area (Å²) in [5, 5.41) is 22.6. The highest BCUT2D eigenvalue weighted by Gasteiger charge is 2.23. The molecule has 0 radical (unpaired) electrons. The van der Waals surface area contributed by atoms with Gasteiger partial charge in [0.1, 0.15) is 23.4 Å². The van der Waals surface area contributed by atoms with E-state index < -0.39 is 0 Å². The number of aromatic nitrogens is 1. The molecule has 3 aromatic rings. The Kier molecular flexibility index (Phi) is 8.08. The Morgan fingerprint density at radius 1 is 1.18 bits per heavy atom. The molecule has 34 heavy (non-hydrogen) atoms. The molecule has 0 fully saturated rings. The van der Waals surface area contributed by atoms with Crippen LogP contribution in [0, 0.1) is 24.1 Å². The molecule has 2 aromatic carbocycles. The predicted molar refractivity (Wildman–Crippen MR) is 133 cm³/mol. The maximum atomic E-state index is 13.9. The number of benzene rings is 2. The van der Waals surface area contributed by atoms with Crippen molar-refractivity contribution in [2.75, 3.05) is 32.1 Å². The number of ether oxygens (including phenoxy) is 1. The number of nitriles is 1. The second kappa shape index (κ2) is 11.0. The van der Waals surface area contributed by atoms with Gasteiger partial charge in [0.2, 0.25) is 0 Å². The van der Waals surface area contributed by atoms with Gasteiger partial charge in [-0.15, -0.1) is 0 Å². The molecule has 3 rings (SSSR count). The molecular formula is C27H31FN4O2. The third-order valence-corrected chi connectivity index (χ3v) is 6.14. The fourth-order valence-electron chi connectivity index (χ4n) is 3.56. The molecule has 0 saturated heterocycles. The first kappa shape index (κ1) is 25.0. The third-order valence-electron chi connectivity index (χ3n) is 6.14. The summed E-state index contributed by atoms with van der Waals surface area (Å²) in [5.41, 5.74) is 2.92. The largest absolute Gasteiger partial charge is 0.506 e. The summed E-state index contributed by atoms with van der Waals surface area (Å²) in [4.78, 5) is 6.04. The number of likely N-dealkylation sites (N-methyl/N-ethyl adjacent to an activating group) is 1. The molecule has 7 heteroatoms. The Hall–Kier alpha value is -3.63. The molecule has 0 amide bonds. The molecule has 0 aliphatic carbocycles. The van der Waals surface area contributed by atoms with Crippen LogP contribution in [-0.4, -0.2) is 47.3 Å². The van der Waals surface area contributed by atoms with Crippen LogP contribution in [0.3, 0.4) is 0 Å². The number of halogens is 1. The minimum absolute atomic E-state index is 0.0229. The fraction of sp³-hybridized carbons (Fsp3) is 0.333. The average Bonchev–Trinajstić information content (AvgIpc) is 2.83. The van der Waals surface area contributed by atoms with E-state index in [1.54, 1.807) is 25.3 Å². The quantitative estimate of drug-likeness (QED) is 0.395. The molecule has 0 spiro atoms. The average molecular weight is 463 g/mol. The van der Waals surface area contributed by atoms with Crippen molar-refractivity contribution in [2.24, 2.45) is 0 Å². The zero-order valence-corrected chi connectivity index (χ0v) is 20.1. The van der Waals surface area contributed by atoms with Gasteiger partial charge in [-0.05, 0) is 70.1 Å². The molecule has 178 valence electrons. The van der Waals surface area contributed by atoms with Crippen LogP contribution in [0.2, 0.25) is 0 Å². The number of nitrogens with one attached hydrogen (secondary N) is 1. The van der Waals surface area contributed by atoms with Crippen LogP contribution < -0.4 is 10.1 Å². The predicted octanol–water partition coefficient (Wildman–Crippen LogP) is 5.36. The Morgan fingerprint density at radius 3 is 2.59 bits per heavy atom. The van der Waals surface area contributed by atoms with Crippen LogP contribution >= 0.6 is 0 Å². The van der Waals surface area contributed by atoms with Gasteiger partial charge in [-0.1, -0.05) is 12.1 Å². The highest BCUT2D eigenvalue weighted by molar-refractivity contribution is 5.64. The minimum Gasteiger partial charge on any atom is -0.506 e. The fourth-order valence-corrected chi connectivity index (χ4v) is 3.56. The van der Waals surface area contributed by atoms with Gasteiger partial charge in [0.25, 0.3) is 0 Å². The van der Waals surface area contributed by atoms with Crippen LogP contribution in [0.1, 0.15) is 31.4 Å². The molecule has 6 nitrogen and oxygen atoms in total. The molecule has 0 saturated carbocycles. The van der Waals surface area contributed by atoms with Gasteiger partial charge in [-0.2, -0.15) is 5.26 Å². The monoisotopic (exact) mass is 462 g/mol. The Balaban J connectivity index is 1.46. The van der Waals surface area contributed by atoms with E-state index in [2.05, 4.69) is 36.1 Å². The normalized spacial score (nSPS) is 11.3. The second-order valence-corrected chi connectivity index (χ2v) is 8.92. The van der Waals surface area contributed by atoms with E-state index in [1.807, 2.05) is 36.4 Å². The highest BCUT2D eigenvalue weighted by atomic mass is 19.1. The Bertz CT molecular complexity index is 1160. The van der Waals surface area contributed by atoms with E-state index >= 15 is 0 Å². The Morgan fingerprint density at radius 2 is 1.91 bits per heavy atom. The summed E-state index contributed by atoms with van der Waals surface area (Å²) in [6, 6.07) is 14.5. The first-order valence-corrected chi connectivity index (χ1v) is 11.2. The molecule has 0 unspecified atom stereocenters. The van der Waals surface area contributed by atoms with E-state index in [1.165, 1.54) is 6.20 Å². The van der Waals surface area contributed by atoms with Crippen molar-refractivity contribution in [1.82, 2.24) is 9.88 Å². The summed E-state index contributed by atoms with van der Waals surface area (Å²) in [6.07, 6.45) is 3.63. The van der Waals surface area contributed by atoms with Crippen LogP contribution in [0.5, 0.6) is 11.5 Å². The SMILES string of the molecule is Cc1c(NCC(C)(C)N(C)CCCOc2ccc(-c3ccncc3F)cc2)ccc(C#N)c1O. The van der Waals surface area contributed by atoms with Crippen molar-refractivity contribution in [3.8, 4) is 28.7 Å². The molecule has 0 atom stereocenters. The first-order valence-electron chi connectivity index (χ1n) is 11.2. The number of phenolic OH excluding ortho intramolecular Hbond substituents is 1. The third kappa shape index (κ3) is 6.03. The van der Waals surface area contributed by atoms with Crippen molar-refractivity contribution in [2.45, 2.75) is 32.7 Å². The molecule has 1 aromatic heterocycles. The molecule has 0 aliphatic rings. The molecule has 2 N–H and O–H groups in total. The number of anilines is 1. The van der Waals surface area contributed by atoms with E-state index in [9.17, 15) is 9.50 Å². The molecular weight excluding hydrogens is 431 g/mol. The number of pyridine rings is 1. The van der Waals surface area contributed by atoms with Crippen LogP contribution in [0.15, 0.2) is 54.9 Å². The summed E-state index contributed by atoms with van der Waals surface area (Å²) < 4.78 is 19.8. The number of rotatable bonds is 10. The number of hydrogen-bond acceptors (Lipinski definition) is 6. The van der Waals surface area contributed by atoms with Gasteiger partial charge in [0.15, 0.2) is 0 Å². The van der Waals surface area contributed by atoms with E-state index in [-0.39, 0.29) is 22.7 Å². The maximum Gasteiger partial charge on any atom is 0.149 e. The molecule has 0 bridgehead atoms. The van der Waals surface area contributed by atoms with Gasteiger partial charge < -0.3 is 15.2 Å². The van der Waals surface area contributed by atoms with E-state index in [4.69, 9.17) is 10.00 Å². The zero-order chi connectivity index (χ0) is 24.7. The smallest absolute Gasteiger partial charge is 0.149 e. The van der Waals surface area contributed by atoms with Crippen LogP contribution in [0.4, 0.5) is 10.1 Å². The van der Waals surface area contributed by atoms with Gasteiger partial charge in [-0.3, -0.25) is 9.88 Å². The highest BCUT2D eigenvalue weighted by Crippen LogP contribution is 2.29. The van der Waals surface area contributed by atoms with Crippen molar-refractivity contribution < 1.29 is 14.2 Å². The first-order chi connectivity index (χ1) is 16.2. The summed E-state index contributed by atoms with van der Waals surface area (Å²) >= 11 is 0.